The van der Waals surface area contributed by atoms with Crippen molar-refractivity contribution >= 4 is 45.0 Å². The van der Waals surface area contributed by atoms with Crippen LogP contribution in [0.5, 0.6) is 0 Å². The molecule has 0 radical (unpaired) electrons. The number of hydrogen-bond acceptors (Lipinski definition) is 4. The van der Waals surface area contributed by atoms with Gasteiger partial charge in [0.2, 0.25) is 0 Å². The lowest BCUT2D eigenvalue weighted by Crippen LogP contribution is -2.15. The monoisotopic (exact) mass is 363 g/mol. The largest absolute Gasteiger partial charge is 0.462 e. The van der Waals surface area contributed by atoms with Crippen LogP contribution in [0.2, 0.25) is 5.02 Å². The molecule has 0 heterocycles. The van der Waals surface area contributed by atoms with E-state index in [0.717, 1.165) is 6.20 Å². The Morgan fingerprint density at radius 3 is 2.70 bits per heavy atom. The minimum Gasteiger partial charge on any atom is -0.462 e. The average Bonchev–Trinajstić information content (AvgIpc) is 2.38. The number of esters is 1. The van der Waals surface area contributed by atoms with Gasteiger partial charge in [-0.25, -0.2) is 9.18 Å². The molecule has 7 heteroatoms. The van der Waals surface area contributed by atoms with Crippen LogP contribution in [0.1, 0.15) is 13.8 Å². The minimum atomic E-state index is -0.763. The van der Waals surface area contributed by atoms with Crippen LogP contribution < -0.4 is 5.32 Å². The van der Waals surface area contributed by atoms with E-state index in [9.17, 15) is 14.0 Å². The lowest BCUT2D eigenvalue weighted by molar-refractivity contribution is -0.139. The van der Waals surface area contributed by atoms with Gasteiger partial charge in [-0.1, -0.05) is 11.6 Å². The first-order valence-electron chi connectivity index (χ1n) is 5.66. The highest BCUT2D eigenvalue weighted by atomic mass is 79.9. The number of ether oxygens (including phenoxy) is 1. The van der Waals surface area contributed by atoms with Crippen molar-refractivity contribution in [2.75, 3.05) is 11.9 Å². The molecule has 0 saturated carbocycles. The van der Waals surface area contributed by atoms with Gasteiger partial charge in [-0.2, -0.15) is 0 Å². The van der Waals surface area contributed by atoms with Crippen molar-refractivity contribution in [2.45, 2.75) is 13.8 Å². The molecule has 0 spiro atoms. The zero-order valence-corrected chi connectivity index (χ0v) is 13.1. The lowest BCUT2D eigenvalue weighted by atomic mass is 10.2. The van der Waals surface area contributed by atoms with E-state index in [0.29, 0.717) is 0 Å². The number of halogens is 3. The van der Waals surface area contributed by atoms with E-state index in [-0.39, 0.29) is 27.4 Å². The molecule has 1 aromatic rings. The molecular formula is C13H12BrClFNO3. The van der Waals surface area contributed by atoms with Gasteiger partial charge in [0.05, 0.1) is 21.8 Å². The van der Waals surface area contributed by atoms with Crippen LogP contribution in [0, 0.1) is 5.82 Å². The summed E-state index contributed by atoms with van der Waals surface area (Å²) >= 11 is 8.73. The zero-order chi connectivity index (χ0) is 15.3. The van der Waals surface area contributed by atoms with Gasteiger partial charge in [0.25, 0.3) is 0 Å². The zero-order valence-electron chi connectivity index (χ0n) is 10.8. The van der Waals surface area contributed by atoms with Crippen molar-refractivity contribution in [1.29, 1.82) is 0 Å². The SMILES string of the molecule is CCOC(=O)C(=CNc1ccc(Cl)c(Br)c1F)C(C)=O. The molecule has 1 aromatic carbocycles. The maximum atomic E-state index is 13.8. The van der Waals surface area contributed by atoms with E-state index in [1.54, 1.807) is 6.92 Å². The first kappa shape index (κ1) is 16.7. The lowest BCUT2D eigenvalue weighted by Gasteiger charge is -2.08. The van der Waals surface area contributed by atoms with E-state index >= 15 is 0 Å². The summed E-state index contributed by atoms with van der Waals surface area (Å²) in [6.07, 6.45) is 1.11. The van der Waals surface area contributed by atoms with Gasteiger partial charge < -0.3 is 10.1 Å². The molecule has 0 saturated heterocycles. The number of carbonyl (C=O) groups excluding carboxylic acids is 2. The summed E-state index contributed by atoms with van der Waals surface area (Å²) in [4.78, 5) is 22.9. The number of hydrogen-bond donors (Lipinski definition) is 1. The molecule has 0 amide bonds. The second-order valence-corrected chi connectivity index (χ2v) is 4.90. The summed E-state index contributed by atoms with van der Waals surface area (Å²) in [5.74, 6) is -1.87. The molecule has 0 atom stereocenters. The van der Waals surface area contributed by atoms with Gasteiger partial charge in [0.1, 0.15) is 5.57 Å². The van der Waals surface area contributed by atoms with Gasteiger partial charge in [-0.15, -0.1) is 0 Å². The van der Waals surface area contributed by atoms with Crippen LogP contribution in [-0.2, 0) is 14.3 Å². The van der Waals surface area contributed by atoms with E-state index in [1.165, 1.54) is 19.1 Å². The number of rotatable bonds is 5. The maximum absolute atomic E-state index is 13.8. The molecule has 0 aromatic heterocycles. The van der Waals surface area contributed by atoms with Crippen LogP contribution in [-0.4, -0.2) is 18.4 Å². The molecule has 0 fully saturated rings. The van der Waals surface area contributed by atoms with Crippen LogP contribution in [0.3, 0.4) is 0 Å². The fraction of sp³-hybridized carbons (Fsp3) is 0.231. The summed E-state index contributed by atoms with van der Waals surface area (Å²) in [5.41, 5.74) is -0.123. The number of Topliss-reactive ketones (excluding diaryl/α,β-unsaturated/α-hetero) is 1. The normalized spacial score (nSPS) is 11.2. The topological polar surface area (TPSA) is 55.4 Å². The van der Waals surface area contributed by atoms with Crippen LogP contribution in [0.15, 0.2) is 28.4 Å². The van der Waals surface area contributed by atoms with Crippen molar-refractivity contribution in [1.82, 2.24) is 0 Å². The van der Waals surface area contributed by atoms with Crippen molar-refractivity contribution in [3.05, 3.63) is 39.2 Å². The standard InChI is InChI=1S/C13H12BrClFNO3/c1-3-20-13(19)8(7(2)18)6-17-10-5-4-9(15)11(14)12(10)16/h4-6,17H,3H2,1-2H3. The Morgan fingerprint density at radius 2 is 2.15 bits per heavy atom. The van der Waals surface area contributed by atoms with Gasteiger partial charge >= 0.3 is 5.97 Å². The van der Waals surface area contributed by atoms with Crippen molar-refractivity contribution < 1.29 is 18.7 Å². The number of nitrogens with one attached hydrogen (secondary N) is 1. The molecule has 1 N–H and O–H groups in total. The fourth-order valence-electron chi connectivity index (χ4n) is 1.30. The van der Waals surface area contributed by atoms with E-state index in [2.05, 4.69) is 21.2 Å². The molecule has 0 aliphatic rings. The van der Waals surface area contributed by atoms with Crippen molar-refractivity contribution in [3.63, 3.8) is 0 Å². The summed E-state index contributed by atoms with van der Waals surface area (Å²) in [5, 5.41) is 2.77. The number of ketones is 1. The van der Waals surface area contributed by atoms with E-state index in [4.69, 9.17) is 16.3 Å². The quantitative estimate of drug-likeness (QED) is 0.285. The van der Waals surface area contributed by atoms with Gasteiger partial charge in [-0.05, 0) is 41.9 Å². The Hall–Kier alpha value is -1.40. The van der Waals surface area contributed by atoms with Gasteiger partial charge in [-0.3, -0.25) is 4.79 Å². The summed E-state index contributed by atoms with van der Waals surface area (Å²) in [6.45, 7) is 2.99. The fourth-order valence-corrected chi connectivity index (χ4v) is 1.79. The highest BCUT2D eigenvalue weighted by Gasteiger charge is 2.16. The van der Waals surface area contributed by atoms with Gasteiger partial charge in [0.15, 0.2) is 11.6 Å². The highest BCUT2D eigenvalue weighted by molar-refractivity contribution is 9.10. The Bertz CT molecular complexity index is 575. The molecule has 4 nitrogen and oxygen atoms in total. The third-order valence-corrected chi connectivity index (χ3v) is 3.60. The average molecular weight is 365 g/mol. The molecule has 0 bridgehead atoms. The Balaban J connectivity index is 3.02. The first-order valence-corrected chi connectivity index (χ1v) is 6.83. The molecule has 20 heavy (non-hydrogen) atoms. The number of anilines is 1. The molecule has 0 aliphatic carbocycles. The molecular weight excluding hydrogens is 353 g/mol. The second kappa shape index (κ2) is 7.40. The third-order valence-electron chi connectivity index (χ3n) is 2.28. The van der Waals surface area contributed by atoms with E-state index in [1.807, 2.05) is 0 Å². The van der Waals surface area contributed by atoms with E-state index < -0.39 is 17.6 Å². The molecule has 1 rings (SSSR count). The third kappa shape index (κ3) is 4.05. The van der Waals surface area contributed by atoms with Crippen LogP contribution >= 0.6 is 27.5 Å². The Labute approximate surface area is 129 Å². The number of benzene rings is 1. The Morgan fingerprint density at radius 1 is 1.50 bits per heavy atom. The smallest absolute Gasteiger partial charge is 0.343 e. The molecule has 108 valence electrons. The second-order valence-electron chi connectivity index (χ2n) is 3.70. The minimum absolute atomic E-state index is 0.0734. The Kier molecular flexibility index (Phi) is 6.16. The van der Waals surface area contributed by atoms with Crippen LogP contribution in [0.4, 0.5) is 10.1 Å². The first-order chi connectivity index (χ1) is 9.38. The molecule has 0 aliphatic heterocycles. The summed E-state index contributed by atoms with van der Waals surface area (Å²) in [7, 11) is 0. The van der Waals surface area contributed by atoms with Crippen molar-refractivity contribution in [3.8, 4) is 0 Å². The predicted octanol–water partition coefficient (Wildman–Crippen LogP) is 3.69. The molecule has 0 unspecified atom stereocenters. The summed E-state index contributed by atoms with van der Waals surface area (Å²) < 4.78 is 18.7. The van der Waals surface area contributed by atoms with Crippen molar-refractivity contribution in [2.24, 2.45) is 0 Å². The highest BCUT2D eigenvalue weighted by Crippen LogP contribution is 2.30. The summed E-state index contributed by atoms with van der Waals surface area (Å²) in [6, 6.07) is 2.87. The predicted molar refractivity (Wildman–Crippen MR) is 78.1 cm³/mol. The van der Waals surface area contributed by atoms with Crippen LogP contribution in [0.25, 0.3) is 0 Å². The number of carbonyl (C=O) groups is 2. The van der Waals surface area contributed by atoms with Gasteiger partial charge in [0, 0.05) is 6.20 Å². The maximum Gasteiger partial charge on any atom is 0.343 e.